The molecular formula is C17H36N2O. The Hall–Kier alpha value is -0.570. The second-order valence-corrected chi connectivity index (χ2v) is 5.83. The molecule has 1 amide bonds. The first-order valence-corrected chi connectivity index (χ1v) is 8.68. The van der Waals surface area contributed by atoms with Gasteiger partial charge in [-0.2, -0.15) is 0 Å². The van der Waals surface area contributed by atoms with Gasteiger partial charge < -0.3 is 10.6 Å². The van der Waals surface area contributed by atoms with Gasteiger partial charge in [0.2, 0.25) is 5.91 Å². The lowest BCUT2D eigenvalue weighted by Gasteiger charge is -2.19. The zero-order valence-corrected chi connectivity index (χ0v) is 13.8. The molecule has 3 nitrogen and oxygen atoms in total. The third-order valence-electron chi connectivity index (χ3n) is 3.88. The number of hydrogen-bond acceptors (Lipinski definition) is 2. The lowest BCUT2D eigenvalue weighted by molar-refractivity contribution is -0.128. The molecule has 120 valence electrons. The zero-order chi connectivity index (χ0) is 15.1. The number of nitrogens with two attached hydrogens (primary N) is 1. The Balaban J connectivity index is 3.25. The van der Waals surface area contributed by atoms with E-state index in [2.05, 4.69) is 6.92 Å². The predicted octanol–water partition coefficient (Wildman–Crippen LogP) is 4.10. The maximum Gasteiger partial charge on any atom is 0.219 e. The summed E-state index contributed by atoms with van der Waals surface area (Å²) in [6, 6.07) is 0. The molecule has 2 N–H and O–H groups in total. The molecule has 0 saturated heterocycles. The average Bonchev–Trinajstić information content (AvgIpc) is 2.43. The molecule has 0 aromatic rings. The smallest absolute Gasteiger partial charge is 0.219 e. The van der Waals surface area contributed by atoms with Gasteiger partial charge in [-0.3, -0.25) is 4.79 Å². The normalized spacial score (nSPS) is 10.8. The van der Waals surface area contributed by atoms with E-state index in [1.807, 2.05) is 4.90 Å². The van der Waals surface area contributed by atoms with Crippen molar-refractivity contribution in [2.75, 3.05) is 19.6 Å². The maximum absolute atomic E-state index is 11.3. The summed E-state index contributed by atoms with van der Waals surface area (Å²) in [7, 11) is 0. The highest BCUT2D eigenvalue weighted by atomic mass is 16.2. The van der Waals surface area contributed by atoms with Crippen molar-refractivity contribution in [3.8, 4) is 0 Å². The fourth-order valence-corrected chi connectivity index (χ4v) is 2.55. The number of hydrogen-bond donors (Lipinski definition) is 1. The molecule has 20 heavy (non-hydrogen) atoms. The quantitative estimate of drug-likeness (QED) is 0.488. The van der Waals surface area contributed by atoms with Gasteiger partial charge in [0, 0.05) is 26.6 Å². The van der Waals surface area contributed by atoms with Gasteiger partial charge in [-0.05, 0) is 6.42 Å². The van der Waals surface area contributed by atoms with Crippen LogP contribution in [0, 0.1) is 0 Å². The molecule has 0 saturated carbocycles. The molecule has 0 spiro atoms. The molecule has 0 bridgehead atoms. The second-order valence-electron chi connectivity index (χ2n) is 5.83. The van der Waals surface area contributed by atoms with Gasteiger partial charge in [0.1, 0.15) is 0 Å². The Morgan fingerprint density at radius 2 is 1.25 bits per heavy atom. The summed E-state index contributed by atoms with van der Waals surface area (Å²) in [4.78, 5) is 13.2. The van der Waals surface area contributed by atoms with Crippen molar-refractivity contribution >= 4 is 5.91 Å². The first-order chi connectivity index (χ1) is 9.72. The second kappa shape index (κ2) is 14.8. The topological polar surface area (TPSA) is 46.3 Å². The van der Waals surface area contributed by atoms with Crippen LogP contribution in [0.2, 0.25) is 0 Å². The zero-order valence-electron chi connectivity index (χ0n) is 13.8. The van der Waals surface area contributed by atoms with Crippen LogP contribution in [0.4, 0.5) is 0 Å². The third kappa shape index (κ3) is 12.5. The van der Waals surface area contributed by atoms with Gasteiger partial charge in [-0.15, -0.1) is 0 Å². The van der Waals surface area contributed by atoms with Gasteiger partial charge in [-0.25, -0.2) is 0 Å². The van der Waals surface area contributed by atoms with E-state index in [9.17, 15) is 4.79 Å². The molecule has 0 fully saturated rings. The van der Waals surface area contributed by atoms with E-state index in [0.717, 1.165) is 13.0 Å². The van der Waals surface area contributed by atoms with Gasteiger partial charge >= 0.3 is 0 Å². The van der Waals surface area contributed by atoms with Gasteiger partial charge in [-0.1, -0.05) is 71.1 Å². The SMILES string of the molecule is CCCCCCCCCCCCCN(CCN)C(C)=O. The summed E-state index contributed by atoms with van der Waals surface area (Å²) in [6.45, 7) is 6.04. The van der Waals surface area contributed by atoms with Crippen LogP contribution in [0.5, 0.6) is 0 Å². The Morgan fingerprint density at radius 3 is 1.65 bits per heavy atom. The van der Waals surface area contributed by atoms with Crippen LogP contribution in [0.15, 0.2) is 0 Å². The molecule has 0 aromatic heterocycles. The number of carbonyl (C=O) groups is 1. The number of nitrogens with zero attached hydrogens (tertiary/aromatic N) is 1. The molecule has 0 aliphatic carbocycles. The molecule has 3 heteroatoms. The summed E-state index contributed by atoms with van der Waals surface area (Å²) in [5.41, 5.74) is 5.50. The molecule has 0 rings (SSSR count). The van der Waals surface area contributed by atoms with Crippen LogP contribution in [-0.2, 0) is 4.79 Å². The fraction of sp³-hybridized carbons (Fsp3) is 0.941. The van der Waals surface area contributed by atoms with Crippen molar-refractivity contribution in [2.45, 2.75) is 84.5 Å². The van der Waals surface area contributed by atoms with Crippen LogP contribution < -0.4 is 5.73 Å². The highest BCUT2D eigenvalue weighted by molar-refractivity contribution is 5.73. The number of carbonyl (C=O) groups excluding carboxylic acids is 1. The summed E-state index contributed by atoms with van der Waals surface area (Å²) in [6.07, 6.45) is 14.8. The minimum absolute atomic E-state index is 0.155. The summed E-state index contributed by atoms with van der Waals surface area (Å²) in [5, 5.41) is 0. The van der Waals surface area contributed by atoms with Crippen molar-refractivity contribution < 1.29 is 4.79 Å². The van der Waals surface area contributed by atoms with Crippen molar-refractivity contribution in [1.29, 1.82) is 0 Å². The summed E-state index contributed by atoms with van der Waals surface area (Å²) >= 11 is 0. The molecule has 0 aromatic carbocycles. The lowest BCUT2D eigenvalue weighted by atomic mass is 10.1. The van der Waals surface area contributed by atoms with Crippen molar-refractivity contribution in [3.05, 3.63) is 0 Å². The Kier molecular flexibility index (Phi) is 14.4. The average molecular weight is 284 g/mol. The van der Waals surface area contributed by atoms with Crippen LogP contribution in [0.3, 0.4) is 0 Å². The Labute approximate surface area is 126 Å². The fourth-order valence-electron chi connectivity index (χ4n) is 2.55. The van der Waals surface area contributed by atoms with E-state index < -0.39 is 0 Å². The summed E-state index contributed by atoms with van der Waals surface area (Å²) in [5.74, 6) is 0.155. The minimum Gasteiger partial charge on any atom is -0.342 e. The number of unbranched alkanes of at least 4 members (excludes halogenated alkanes) is 10. The maximum atomic E-state index is 11.3. The number of amides is 1. The highest BCUT2D eigenvalue weighted by Gasteiger charge is 2.05. The van der Waals surface area contributed by atoms with Crippen LogP contribution in [0.1, 0.15) is 84.5 Å². The first-order valence-electron chi connectivity index (χ1n) is 8.68. The molecule has 0 radical (unpaired) electrons. The lowest BCUT2D eigenvalue weighted by Crippen LogP contribution is -2.34. The van der Waals surface area contributed by atoms with Crippen molar-refractivity contribution in [3.63, 3.8) is 0 Å². The molecule has 0 unspecified atom stereocenters. The van der Waals surface area contributed by atoms with Crippen LogP contribution in [0.25, 0.3) is 0 Å². The molecule has 0 atom stereocenters. The Bertz CT molecular complexity index is 219. The van der Waals surface area contributed by atoms with E-state index in [4.69, 9.17) is 5.73 Å². The molecule has 0 aliphatic rings. The van der Waals surface area contributed by atoms with Crippen molar-refractivity contribution in [1.82, 2.24) is 4.90 Å². The third-order valence-corrected chi connectivity index (χ3v) is 3.88. The van der Waals surface area contributed by atoms with E-state index in [-0.39, 0.29) is 5.91 Å². The van der Waals surface area contributed by atoms with E-state index in [1.54, 1.807) is 6.92 Å². The van der Waals surface area contributed by atoms with Gasteiger partial charge in [0.25, 0.3) is 0 Å². The van der Waals surface area contributed by atoms with Gasteiger partial charge in [0.05, 0.1) is 0 Å². The predicted molar refractivity (Wildman–Crippen MR) is 87.8 cm³/mol. The van der Waals surface area contributed by atoms with Crippen LogP contribution in [-0.4, -0.2) is 30.4 Å². The first kappa shape index (κ1) is 19.4. The molecule has 0 heterocycles. The molecular weight excluding hydrogens is 248 g/mol. The summed E-state index contributed by atoms with van der Waals surface area (Å²) < 4.78 is 0. The number of rotatable bonds is 14. The van der Waals surface area contributed by atoms with E-state index in [1.165, 1.54) is 64.2 Å². The highest BCUT2D eigenvalue weighted by Crippen LogP contribution is 2.11. The monoisotopic (exact) mass is 284 g/mol. The molecule has 0 aliphatic heterocycles. The van der Waals surface area contributed by atoms with E-state index >= 15 is 0 Å². The largest absolute Gasteiger partial charge is 0.342 e. The minimum atomic E-state index is 0.155. The van der Waals surface area contributed by atoms with Crippen molar-refractivity contribution in [2.24, 2.45) is 5.73 Å². The van der Waals surface area contributed by atoms with Crippen LogP contribution >= 0.6 is 0 Å². The van der Waals surface area contributed by atoms with E-state index in [0.29, 0.717) is 13.1 Å². The Morgan fingerprint density at radius 1 is 0.800 bits per heavy atom. The van der Waals surface area contributed by atoms with Gasteiger partial charge in [0.15, 0.2) is 0 Å². The standard InChI is InChI=1S/C17H36N2O/c1-3-4-5-6-7-8-9-10-11-12-13-15-19(16-14-18)17(2)20/h3-16,18H2,1-2H3.